The number of methoxy groups -OCH3 is 1. The lowest BCUT2D eigenvalue weighted by Gasteiger charge is -2.11. The Kier molecular flexibility index (Phi) is 3.46. The lowest BCUT2D eigenvalue weighted by atomic mass is 10.0. The predicted molar refractivity (Wildman–Crippen MR) is 58.6 cm³/mol. The van der Waals surface area contributed by atoms with Crippen molar-refractivity contribution in [2.24, 2.45) is 17.8 Å². The van der Waals surface area contributed by atoms with Crippen molar-refractivity contribution in [3.63, 3.8) is 0 Å². The average molecular weight is 225 g/mol. The SMILES string of the molecule is COC(=O)CCCNC(=O)C1CC2CC2C1. The smallest absolute Gasteiger partial charge is 0.305 e. The van der Waals surface area contributed by atoms with Gasteiger partial charge in [-0.1, -0.05) is 0 Å². The number of fused-ring (bicyclic) bond motifs is 1. The molecule has 1 amide bonds. The van der Waals surface area contributed by atoms with Gasteiger partial charge in [0.25, 0.3) is 0 Å². The highest BCUT2D eigenvalue weighted by molar-refractivity contribution is 5.79. The normalized spacial score (nSPS) is 30.7. The molecule has 0 heterocycles. The maximum Gasteiger partial charge on any atom is 0.305 e. The Morgan fingerprint density at radius 2 is 1.94 bits per heavy atom. The number of ether oxygens (including phenoxy) is 1. The fourth-order valence-corrected chi connectivity index (χ4v) is 2.62. The molecule has 1 N–H and O–H groups in total. The monoisotopic (exact) mass is 225 g/mol. The summed E-state index contributed by atoms with van der Waals surface area (Å²) in [5.74, 6) is 1.88. The fourth-order valence-electron chi connectivity index (χ4n) is 2.62. The highest BCUT2D eigenvalue weighted by Crippen LogP contribution is 2.54. The molecule has 4 nitrogen and oxygen atoms in total. The second kappa shape index (κ2) is 4.85. The molecule has 2 unspecified atom stereocenters. The number of hydrogen-bond donors (Lipinski definition) is 1. The molecule has 90 valence electrons. The number of nitrogens with one attached hydrogen (secondary N) is 1. The maximum absolute atomic E-state index is 11.7. The van der Waals surface area contributed by atoms with Crippen molar-refractivity contribution in [1.82, 2.24) is 5.32 Å². The molecule has 4 heteroatoms. The van der Waals surface area contributed by atoms with Gasteiger partial charge in [-0.15, -0.1) is 0 Å². The van der Waals surface area contributed by atoms with Gasteiger partial charge >= 0.3 is 5.97 Å². The molecule has 2 atom stereocenters. The van der Waals surface area contributed by atoms with Gasteiger partial charge in [-0.3, -0.25) is 9.59 Å². The van der Waals surface area contributed by atoms with Crippen molar-refractivity contribution >= 4 is 11.9 Å². The summed E-state index contributed by atoms with van der Waals surface area (Å²) in [5, 5.41) is 2.90. The minimum absolute atomic E-state index is 0.178. The first-order chi connectivity index (χ1) is 7.70. The first kappa shape index (κ1) is 11.4. The molecule has 2 aliphatic carbocycles. The minimum Gasteiger partial charge on any atom is -0.469 e. The van der Waals surface area contributed by atoms with E-state index in [4.69, 9.17) is 0 Å². The molecule has 0 aromatic heterocycles. The number of amides is 1. The minimum atomic E-state index is -0.212. The van der Waals surface area contributed by atoms with Crippen LogP contribution in [0.4, 0.5) is 0 Å². The summed E-state index contributed by atoms with van der Waals surface area (Å²) >= 11 is 0. The molecule has 0 spiro atoms. The van der Waals surface area contributed by atoms with Crippen molar-refractivity contribution in [3.8, 4) is 0 Å². The Morgan fingerprint density at radius 3 is 2.56 bits per heavy atom. The van der Waals surface area contributed by atoms with Crippen molar-refractivity contribution in [1.29, 1.82) is 0 Å². The van der Waals surface area contributed by atoms with Crippen LogP contribution < -0.4 is 5.32 Å². The molecule has 0 aromatic rings. The van der Waals surface area contributed by atoms with Gasteiger partial charge < -0.3 is 10.1 Å². The van der Waals surface area contributed by atoms with Crippen LogP contribution >= 0.6 is 0 Å². The number of hydrogen-bond acceptors (Lipinski definition) is 3. The summed E-state index contributed by atoms with van der Waals surface area (Å²) < 4.78 is 4.53. The number of carbonyl (C=O) groups is 2. The van der Waals surface area contributed by atoms with E-state index < -0.39 is 0 Å². The van der Waals surface area contributed by atoms with Gasteiger partial charge in [-0.05, 0) is 37.5 Å². The molecule has 16 heavy (non-hydrogen) atoms. The van der Waals surface area contributed by atoms with E-state index >= 15 is 0 Å². The van der Waals surface area contributed by atoms with Gasteiger partial charge in [-0.25, -0.2) is 0 Å². The molecule has 0 saturated heterocycles. The highest BCUT2D eigenvalue weighted by atomic mass is 16.5. The molecule has 0 bridgehead atoms. The lowest BCUT2D eigenvalue weighted by Crippen LogP contribution is -2.31. The van der Waals surface area contributed by atoms with Crippen molar-refractivity contribution < 1.29 is 14.3 Å². The first-order valence-corrected chi connectivity index (χ1v) is 6.05. The van der Waals surface area contributed by atoms with Crippen LogP contribution in [-0.4, -0.2) is 25.5 Å². The second-order valence-corrected chi connectivity index (χ2v) is 4.89. The molecular weight excluding hydrogens is 206 g/mol. The number of esters is 1. The molecule has 2 rings (SSSR count). The molecule has 0 aliphatic heterocycles. The van der Waals surface area contributed by atoms with Crippen LogP contribution in [0.15, 0.2) is 0 Å². The molecular formula is C12H19NO3. The van der Waals surface area contributed by atoms with Gasteiger partial charge in [0.05, 0.1) is 7.11 Å². The number of rotatable bonds is 5. The largest absolute Gasteiger partial charge is 0.469 e. The Morgan fingerprint density at radius 1 is 1.25 bits per heavy atom. The van der Waals surface area contributed by atoms with E-state index in [1.807, 2.05) is 0 Å². The highest BCUT2D eigenvalue weighted by Gasteiger charge is 2.47. The van der Waals surface area contributed by atoms with E-state index in [0.29, 0.717) is 19.4 Å². The third kappa shape index (κ3) is 2.74. The summed E-state index contributed by atoms with van der Waals surface area (Å²) in [6.07, 6.45) is 4.54. The van der Waals surface area contributed by atoms with Crippen LogP contribution in [0.1, 0.15) is 32.1 Å². The molecule has 2 aliphatic rings. The van der Waals surface area contributed by atoms with E-state index in [1.165, 1.54) is 13.5 Å². The summed E-state index contributed by atoms with van der Waals surface area (Å²) in [6.45, 7) is 0.583. The van der Waals surface area contributed by atoms with E-state index in [9.17, 15) is 9.59 Å². The molecule has 2 fully saturated rings. The Balaban J connectivity index is 1.56. The van der Waals surface area contributed by atoms with Crippen molar-refractivity contribution in [3.05, 3.63) is 0 Å². The summed E-state index contributed by atoms with van der Waals surface area (Å²) in [4.78, 5) is 22.5. The van der Waals surface area contributed by atoms with Gasteiger partial charge in [0.15, 0.2) is 0 Å². The van der Waals surface area contributed by atoms with E-state index in [-0.39, 0.29) is 17.8 Å². The van der Waals surface area contributed by atoms with Crippen LogP contribution in [0.3, 0.4) is 0 Å². The first-order valence-electron chi connectivity index (χ1n) is 6.05. The zero-order chi connectivity index (χ0) is 11.5. The zero-order valence-electron chi connectivity index (χ0n) is 9.70. The van der Waals surface area contributed by atoms with Gasteiger partial charge in [0.2, 0.25) is 5.91 Å². The van der Waals surface area contributed by atoms with Crippen LogP contribution in [0.5, 0.6) is 0 Å². The average Bonchev–Trinajstić information content (AvgIpc) is 2.91. The zero-order valence-corrected chi connectivity index (χ0v) is 9.70. The van der Waals surface area contributed by atoms with Gasteiger partial charge in [0, 0.05) is 18.9 Å². The summed E-state index contributed by atoms with van der Waals surface area (Å²) in [7, 11) is 1.38. The number of carbonyl (C=O) groups excluding carboxylic acids is 2. The molecule has 0 radical (unpaired) electrons. The quantitative estimate of drug-likeness (QED) is 0.563. The molecule has 2 saturated carbocycles. The van der Waals surface area contributed by atoms with Crippen LogP contribution in [0.25, 0.3) is 0 Å². The fraction of sp³-hybridized carbons (Fsp3) is 0.833. The van der Waals surface area contributed by atoms with Crippen molar-refractivity contribution in [2.45, 2.75) is 32.1 Å². The van der Waals surface area contributed by atoms with E-state index in [2.05, 4.69) is 10.1 Å². The lowest BCUT2D eigenvalue weighted by molar-refractivity contribution is -0.140. The van der Waals surface area contributed by atoms with E-state index in [0.717, 1.165) is 24.7 Å². The van der Waals surface area contributed by atoms with Crippen LogP contribution in [0.2, 0.25) is 0 Å². The third-order valence-corrected chi connectivity index (χ3v) is 3.70. The van der Waals surface area contributed by atoms with Crippen molar-refractivity contribution in [2.75, 3.05) is 13.7 Å². The maximum atomic E-state index is 11.7. The second-order valence-electron chi connectivity index (χ2n) is 4.89. The Hall–Kier alpha value is -1.06. The summed E-state index contributed by atoms with van der Waals surface area (Å²) in [6, 6.07) is 0. The van der Waals surface area contributed by atoms with Gasteiger partial charge in [-0.2, -0.15) is 0 Å². The third-order valence-electron chi connectivity index (χ3n) is 3.70. The standard InChI is InChI=1S/C12H19NO3/c1-16-11(14)3-2-4-13-12(15)10-6-8-5-9(8)7-10/h8-10H,2-7H2,1H3,(H,13,15). The van der Waals surface area contributed by atoms with Crippen LogP contribution in [0, 0.1) is 17.8 Å². The van der Waals surface area contributed by atoms with Crippen LogP contribution in [-0.2, 0) is 14.3 Å². The van der Waals surface area contributed by atoms with Gasteiger partial charge in [0.1, 0.15) is 0 Å². The summed E-state index contributed by atoms with van der Waals surface area (Å²) in [5.41, 5.74) is 0. The van der Waals surface area contributed by atoms with E-state index in [1.54, 1.807) is 0 Å². The molecule has 0 aromatic carbocycles. The Labute approximate surface area is 95.7 Å². The Bertz CT molecular complexity index is 280. The topological polar surface area (TPSA) is 55.4 Å². The predicted octanol–water partition coefficient (Wildman–Crippen LogP) is 1.10.